The number of hydrogen-bond donors (Lipinski definition) is 0. The van der Waals surface area contributed by atoms with Gasteiger partial charge >= 0.3 is 0 Å². The monoisotopic (exact) mass is 442 g/mol. The van der Waals surface area contributed by atoms with Gasteiger partial charge in [-0.3, -0.25) is 9.59 Å². The molecule has 32 heavy (non-hydrogen) atoms. The van der Waals surface area contributed by atoms with E-state index in [1.165, 1.54) is 21.8 Å². The van der Waals surface area contributed by atoms with Gasteiger partial charge < -0.3 is 4.90 Å². The molecule has 0 atom stereocenters. The molecule has 0 N–H and O–H groups in total. The molecular weight excluding hydrogens is 416 g/mol. The molecule has 0 saturated carbocycles. The molecule has 1 fully saturated rings. The molecule has 1 saturated heterocycles. The van der Waals surface area contributed by atoms with E-state index >= 15 is 0 Å². The highest BCUT2D eigenvalue weighted by molar-refractivity contribution is 7.11. The maximum Gasteiger partial charge on any atom is 0.282 e. The second-order valence-corrected chi connectivity index (χ2v) is 9.55. The van der Waals surface area contributed by atoms with E-state index in [2.05, 4.69) is 29.2 Å². The van der Waals surface area contributed by atoms with E-state index in [0.717, 1.165) is 42.8 Å². The van der Waals surface area contributed by atoms with E-state index in [1.54, 1.807) is 0 Å². The minimum absolute atomic E-state index is 0.203. The Labute approximate surface area is 192 Å². The summed E-state index contributed by atoms with van der Waals surface area (Å²) in [7, 11) is 0. The Morgan fingerprint density at radius 2 is 1.69 bits per heavy atom. The standard InChI is InChI=1S/C27H26N2O2S/c1-19-7-5-10-22(17-19)29-26(30)24(23-11-6-16-32-23)25(27(29)31)28-14-12-21(13-15-28)18-20-8-3-2-4-9-20/h2-11,16-17,21H,12-15,18H2,1H3. The zero-order valence-corrected chi connectivity index (χ0v) is 19.0. The highest BCUT2D eigenvalue weighted by Crippen LogP contribution is 2.38. The van der Waals surface area contributed by atoms with Crippen LogP contribution in [0.1, 0.15) is 28.8 Å². The van der Waals surface area contributed by atoms with Gasteiger partial charge in [-0.25, -0.2) is 4.90 Å². The van der Waals surface area contributed by atoms with Crippen molar-refractivity contribution in [3.05, 3.63) is 93.8 Å². The fourth-order valence-electron chi connectivity index (χ4n) is 4.76. The lowest BCUT2D eigenvalue weighted by atomic mass is 9.90. The molecule has 1 aromatic heterocycles. The number of thiophene rings is 1. The molecule has 2 aliphatic heterocycles. The average molecular weight is 443 g/mol. The summed E-state index contributed by atoms with van der Waals surface area (Å²) in [5.74, 6) is 0.175. The molecule has 2 amide bonds. The number of amides is 2. The van der Waals surface area contributed by atoms with Gasteiger partial charge in [-0.05, 0) is 66.8 Å². The lowest BCUT2D eigenvalue weighted by Gasteiger charge is -2.34. The molecule has 2 aliphatic rings. The lowest BCUT2D eigenvalue weighted by Crippen LogP contribution is -2.39. The van der Waals surface area contributed by atoms with Crippen LogP contribution in [-0.4, -0.2) is 29.8 Å². The van der Waals surface area contributed by atoms with Crippen molar-refractivity contribution >= 4 is 34.4 Å². The van der Waals surface area contributed by atoms with Gasteiger partial charge in [-0.1, -0.05) is 48.5 Å². The van der Waals surface area contributed by atoms with E-state index in [1.807, 2.05) is 54.8 Å². The fourth-order valence-corrected chi connectivity index (χ4v) is 5.53. The number of anilines is 1. The number of carbonyl (C=O) groups is 2. The molecular formula is C27H26N2O2S. The van der Waals surface area contributed by atoms with Crippen molar-refractivity contribution in [2.45, 2.75) is 26.2 Å². The zero-order chi connectivity index (χ0) is 22.1. The van der Waals surface area contributed by atoms with Crippen molar-refractivity contribution in [2.24, 2.45) is 5.92 Å². The molecule has 4 nitrogen and oxygen atoms in total. The number of hydrogen-bond acceptors (Lipinski definition) is 4. The largest absolute Gasteiger partial charge is 0.366 e. The number of rotatable bonds is 5. The number of aryl methyl sites for hydroxylation is 1. The topological polar surface area (TPSA) is 40.6 Å². The molecule has 162 valence electrons. The number of benzene rings is 2. The zero-order valence-electron chi connectivity index (χ0n) is 18.2. The maximum absolute atomic E-state index is 13.6. The van der Waals surface area contributed by atoms with E-state index in [4.69, 9.17) is 0 Å². The van der Waals surface area contributed by atoms with Crippen molar-refractivity contribution in [1.29, 1.82) is 0 Å². The minimum Gasteiger partial charge on any atom is -0.366 e. The van der Waals surface area contributed by atoms with Crippen LogP contribution >= 0.6 is 11.3 Å². The molecule has 5 heteroatoms. The van der Waals surface area contributed by atoms with Crippen LogP contribution in [0.3, 0.4) is 0 Å². The molecule has 3 heterocycles. The number of imide groups is 1. The molecule has 0 spiro atoms. The Balaban J connectivity index is 1.42. The van der Waals surface area contributed by atoms with Crippen LogP contribution in [0.2, 0.25) is 0 Å². The summed E-state index contributed by atoms with van der Waals surface area (Å²) in [5.41, 5.74) is 4.14. The van der Waals surface area contributed by atoms with Gasteiger partial charge in [0.05, 0.1) is 11.3 Å². The molecule has 0 radical (unpaired) electrons. The quantitative estimate of drug-likeness (QED) is 0.504. The normalized spacial score (nSPS) is 17.5. The average Bonchev–Trinajstić information content (AvgIpc) is 3.41. The number of likely N-dealkylation sites (tertiary alicyclic amines) is 1. The Kier molecular flexibility index (Phi) is 5.66. The van der Waals surface area contributed by atoms with Crippen molar-refractivity contribution in [2.75, 3.05) is 18.0 Å². The molecule has 0 bridgehead atoms. The van der Waals surface area contributed by atoms with E-state index in [-0.39, 0.29) is 11.8 Å². The van der Waals surface area contributed by atoms with E-state index < -0.39 is 0 Å². The molecule has 5 rings (SSSR count). The Bertz CT molecular complexity index is 1160. The molecule has 0 aliphatic carbocycles. The second kappa shape index (κ2) is 8.75. The van der Waals surface area contributed by atoms with Gasteiger partial charge in [0.2, 0.25) is 0 Å². The van der Waals surface area contributed by atoms with E-state index in [9.17, 15) is 9.59 Å². The van der Waals surface area contributed by atoms with Crippen LogP contribution in [0, 0.1) is 12.8 Å². The molecule has 3 aromatic rings. The van der Waals surface area contributed by atoms with Gasteiger partial charge in [0, 0.05) is 18.0 Å². The van der Waals surface area contributed by atoms with Crippen molar-refractivity contribution in [3.63, 3.8) is 0 Å². The van der Waals surface area contributed by atoms with Gasteiger partial charge in [0.1, 0.15) is 5.70 Å². The second-order valence-electron chi connectivity index (χ2n) is 8.61. The third kappa shape index (κ3) is 3.89. The molecule has 2 aromatic carbocycles. The smallest absolute Gasteiger partial charge is 0.282 e. The van der Waals surface area contributed by atoms with Crippen molar-refractivity contribution in [1.82, 2.24) is 4.90 Å². The SMILES string of the molecule is Cc1cccc(N2C(=O)C(c3cccs3)=C(N3CCC(Cc4ccccc4)CC3)C2=O)c1. The predicted octanol–water partition coefficient (Wildman–Crippen LogP) is 5.30. The van der Waals surface area contributed by atoms with Crippen LogP contribution in [0.4, 0.5) is 5.69 Å². The van der Waals surface area contributed by atoms with Crippen LogP contribution in [-0.2, 0) is 16.0 Å². The van der Waals surface area contributed by atoms with E-state index in [0.29, 0.717) is 22.9 Å². The Morgan fingerprint density at radius 3 is 2.38 bits per heavy atom. The summed E-state index contributed by atoms with van der Waals surface area (Å²) in [6.07, 6.45) is 3.10. The third-order valence-electron chi connectivity index (χ3n) is 6.38. The van der Waals surface area contributed by atoms with Crippen LogP contribution in [0.5, 0.6) is 0 Å². The highest BCUT2D eigenvalue weighted by atomic mass is 32.1. The summed E-state index contributed by atoms with van der Waals surface area (Å²) in [6.45, 7) is 3.56. The van der Waals surface area contributed by atoms with Crippen molar-refractivity contribution in [3.8, 4) is 0 Å². The number of piperidine rings is 1. The maximum atomic E-state index is 13.6. The number of nitrogens with zero attached hydrogens (tertiary/aromatic N) is 2. The first-order valence-electron chi connectivity index (χ1n) is 11.1. The summed E-state index contributed by atoms with van der Waals surface area (Å²) < 4.78 is 0. The summed E-state index contributed by atoms with van der Waals surface area (Å²) in [5, 5.41) is 1.96. The number of carbonyl (C=O) groups excluding carboxylic acids is 2. The first-order chi connectivity index (χ1) is 15.6. The van der Waals surface area contributed by atoms with Gasteiger partial charge in [-0.15, -0.1) is 11.3 Å². The summed E-state index contributed by atoms with van der Waals surface area (Å²) in [4.78, 5) is 31.5. The Hall–Kier alpha value is -3.18. The van der Waals surface area contributed by atoms with Gasteiger partial charge in [0.15, 0.2) is 0 Å². The van der Waals surface area contributed by atoms with Crippen molar-refractivity contribution < 1.29 is 9.59 Å². The minimum atomic E-state index is -0.218. The molecule has 0 unspecified atom stereocenters. The highest BCUT2D eigenvalue weighted by Gasteiger charge is 2.43. The Morgan fingerprint density at radius 1 is 0.906 bits per heavy atom. The summed E-state index contributed by atoms with van der Waals surface area (Å²) >= 11 is 1.51. The van der Waals surface area contributed by atoms with Gasteiger partial charge in [0.25, 0.3) is 11.8 Å². The first-order valence-corrected chi connectivity index (χ1v) is 12.0. The van der Waals surface area contributed by atoms with Crippen LogP contribution in [0.25, 0.3) is 5.57 Å². The third-order valence-corrected chi connectivity index (χ3v) is 7.27. The van der Waals surface area contributed by atoms with Crippen LogP contribution < -0.4 is 4.90 Å². The fraction of sp³-hybridized carbons (Fsp3) is 0.259. The lowest BCUT2D eigenvalue weighted by molar-refractivity contribution is -0.120. The van der Waals surface area contributed by atoms with Crippen LogP contribution in [0.15, 0.2) is 77.8 Å². The first kappa shape index (κ1) is 20.7. The van der Waals surface area contributed by atoms with Gasteiger partial charge in [-0.2, -0.15) is 0 Å². The predicted molar refractivity (Wildman–Crippen MR) is 129 cm³/mol. The summed E-state index contributed by atoms with van der Waals surface area (Å²) in [6, 6.07) is 22.1.